The van der Waals surface area contributed by atoms with Crippen molar-refractivity contribution in [1.29, 1.82) is 0 Å². The minimum atomic E-state index is -4.35. The highest BCUT2D eigenvalue weighted by molar-refractivity contribution is 7.92. The second-order valence-corrected chi connectivity index (χ2v) is 7.85. The second-order valence-electron chi connectivity index (χ2n) is 5.58. The molecule has 2 aromatic rings. The van der Waals surface area contributed by atoms with Crippen LogP contribution in [-0.4, -0.2) is 43.0 Å². The number of carboxylic acid groups (broad SMARTS) is 2. The zero-order chi connectivity index (χ0) is 21.1. The largest absolute Gasteiger partial charge is 0.480 e. The van der Waals surface area contributed by atoms with Crippen LogP contribution < -0.4 is 9.62 Å². The number of aromatic carboxylic acids is 1. The van der Waals surface area contributed by atoms with Gasteiger partial charge in [-0.3, -0.25) is 13.9 Å². The zero-order valence-electron chi connectivity index (χ0n) is 14.4. The summed E-state index contributed by atoms with van der Waals surface area (Å²) in [5.74, 6) is -3.17. The van der Waals surface area contributed by atoms with Gasteiger partial charge >= 0.3 is 11.9 Å². The molecule has 0 aliphatic carbocycles. The number of amides is 1. The minimum Gasteiger partial charge on any atom is -0.480 e. The van der Waals surface area contributed by atoms with E-state index in [9.17, 15) is 27.9 Å². The molecule has 0 heterocycles. The van der Waals surface area contributed by atoms with Gasteiger partial charge in [-0.25, -0.2) is 13.2 Å². The van der Waals surface area contributed by atoms with E-state index < -0.39 is 28.5 Å². The number of benzene rings is 2. The molecule has 2 aromatic carbocycles. The lowest BCUT2D eigenvalue weighted by Gasteiger charge is -2.23. The average molecular weight is 427 g/mol. The third-order valence-corrected chi connectivity index (χ3v) is 5.63. The molecule has 0 spiro atoms. The Morgan fingerprint density at radius 1 is 1.07 bits per heavy atom. The average Bonchev–Trinajstić information content (AvgIpc) is 2.59. The highest BCUT2D eigenvalue weighted by Crippen LogP contribution is 2.28. The van der Waals surface area contributed by atoms with E-state index >= 15 is 0 Å². The molecule has 0 saturated carbocycles. The Bertz CT molecular complexity index is 1040. The van der Waals surface area contributed by atoms with E-state index in [2.05, 4.69) is 5.32 Å². The Balaban J connectivity index is 2.52. The Hall–Kier alpha value is -3.11. The molecule has 0 atom stereocenters. The molecule has 0 fully saturated rings. The maximum absolute atomic E-state index is 13.0. The third-order valence-electron chi connectivity index (χ3n) is 3.51. The topological polar surface area (TPSA) is 141 Å². The fourth-order valence-corrected chi connectivity index (χ4v) is 3.92. The summed E-state index contributed by atoms with van der Waals surface area (Å²) in [6, 6.07) is 8.45. The SMILES string of the molecule is CC(=O)Nc1ccc(S(=O)(=O)N(CC(=O)O)c2ccc(Cl)c(C(=O)O)c2)cc1. The van der Waals surface area contributed by atoms with Crippen LogP contribution in [0, 0.1) is 0 Å². The predicted octanol–water partition coefficient (Wildman–Crippen LogP) is 2.28. The minimum absolute atomic E-state index is 0.122. The molecule has 2 rings (SSSR count). The Labute approximate surface area is 165 Å². The van der Waals surface area contributed by atoms with Crippen molar-refractivity contribution in [3.8, 4) is 0 Å². The van der Waals surface area contributed by atoms with Crippen LogP contribution >= 0.6 is 11.6 Å². The number of halogens is 1. The molecule has 28 heavy (non-hydrogen) atoms. The van der Waals surface area contributed by atoms with E-state index in [0.717, 1.165) is 6.07 Å². The standard InChI is InChI=1S/C17H15ClN2O7S/c1-10(21)19-11-2-5-13(6-3-11)28(26,27)20(9-16(22)23)12-4-7-15(18)14(8-12)17(24)25/h2-8H,9H2,1H3,(H,19,21)(H,22,23)(H,24,25). The summed E-state index contributed by atoms with van der Waals surface area (Å²) >= 11 is 5.79. The predicted molar refractivity (Wildman–Crippen MR) is 101 cm³/mol. The maximum Gasteiger partial charge on any atom is 0.337 e. The molecule has 0 aliphatic rings. The Morgan fingerprint density at radius 3 is 2.18 bits per heavy atom. The molecule has 3 N–H and O–H groups in total. The van der Waals surface area contributed by atoms with Crippen molar-refractivity contribution in [3.63, 3.8) is 0 Å². The van der Waals surface area contributed by atoms with Gasteiger partial charge in [-0.05, 0) is 42.5 Å². The van der Waals surface area contributed by atoms with E-state index in [0.29, 0.717) is 9.99 Å². The number of carboxylic acids is 2. The summed E-state index contributed by atoms with van der Waals surface area (Å²) in [5.41, 5.74) is -0.184. The fraction of sp³-hybridized carbons (Fsp3) is 0.118. The number of nitrogens with one attached hydrogen (secondary N) is 1. The number of hydrogen-bond donors (Lipinski definition) is 3. The number of carbonyl (C=O) groups is 3. The summed E-state index contributed by atoms with van der Waals surface area (Å²) in [6.45, 7) is 0.357. The monoisotopic (exact) mass is 426 g/mol. The van der Waals surface area contributed by atoms with Crippen LogP contribution in [0.2, 0.25) is 5.02 Å². The van der Waals surface area contributed by atoms with Gasteiger partial charge in [0.25, 0.3) is 10.0 Å². The van der Waals surface area contributed by atoms with E-state index in [1.807, 2.05) is 0 Å². The van der Waals surface area contributed by atoms with Crippen LogP contribution in [0.4, 0.5) is 11.4 Å². The van der Waals surface area contributed by atoms with Crippen molar-refractivity contribution in [3.05, 3.63) is 53.1 Å². The van der Waals surface area contributed by atoms with Crippen LogP contribution in [0.3, 0.4) is 0 Å². The van der Waals surface area contributed by atoms with Crippen molar-refractivity contribution in [1.82, 2.24) is 0 Å². The summed E-state index contributed by atoms with van der Waals surface area (Å²) in [6.07, 6.45) is 0. The number of rotatable bonds is 7. The van der Waals surface area contributed by atoms with Gasteiger partial charge in [-0.1, -0.05) is 11.6 Å². The number of hydrogen-bond acceptors (Lipinski definition) is 5. The normalized spacial score (nSPS) is 10.9. The van der Waals surface area contributed by atoms with Crippen LogP contribution in [0.1, 0.15) is 17.3 Å². The van der Waals surface area contributed by atoms with Crippen molar-refractivity contribution < 1.29 is 33.0 Å². The van der Waals surface area contributed by atoms with Gasteiger partial charge in [0.15, 0.2) is 0 Å². The summed E-state index contributed by atoms with van der Waals surface area (Å²) in [7, 11) is -4.35. The molecule has 0 unspecified atom stereocenters. The Kier molecular flexibility index (Phi) is 6.26. The number of aliphatic carboxylic acids is 1. The van der Waals surface area contributed by atoms with Crippen LogP contribution in [-0.2, 0) is 19.6 Å². The summed E-state index contributed by atoms with van der Waals surface area (Å²) < 4.78 is 26.5. The quantitative estimate of drug-likeness (QED) is 0.616. The first-order valence-corrected chi connectivity index (χ1v) is 9.49. The zero-order valence-corrected chi connectivity index (χ0v) is 16.0. The van der Waals surface area contributed by atoms with Gasteiger partial charge < -0.3 is 15.5 Å². The lowest BCUT2D eigenvalue weighted by atomic mass is 10.2. The summed E-state index contributed by atoms with van der Waals surface area (Å²) in [5, 5.41) is 20.7. The molecule has 148 valence electrons. The first-order chi connectivity index (χ1) is 13.0. The van der Waals surface area contributed by atoms with E-state index in [1.54, 1.807) is 0 Å². The van der Waals surface area contributed by atoms with Crippen LogP contribution in [0.15, 0.2) is 47.4 Å². The molecule has 0 aliphatic heterocycles. The Morgan fingerprint density at radius 2 is 1.68 bits per heavy atom. The van der Waals surface area contributed by atoms with Crippen LogP contribution in [0.25, 0.3) is 0 Å². The molecule has 11 heteroatoms. The fourth-order valence-electron chi connectivity index (χ4n) is 2.31. The van der Waals surface area contributed by atoms with E-state index in [4.69, 9.17) is 16.7 Å². The third kappa shape index (κ3) is 4.78. The first kappa shape index (κ1) is 21.2. The molecule has 1 amide bonds. The van der Waals surface area contributed by atoms with E-state index in [-0.39, 0.29) is 27.1 Å². The lowest BCUT2D eigenvalue weighted by molar-refractivity contribution is -0.135. The molecule has 0 aromatic heterocycles. The van der Waals surface area contributed by atoms with Crippen molar-refractivity contribution in [2.24, 2.45) is 0 Å². The number of carbonyl (C=O) groups excluding carboxylic acids is 1. The number of nitrogens with zero attached hydrogens (tertiary/aromatic N) is 1. The molecular weight excluding hydrogens is 412 g/mol. The molecular formula is C17H15ClN2O7S. The highest BCUT2D eigenvalue weighted by atomic mass is 35.5. The second kappa shape index (κ2) is 8.28. The molecule has 0 bridgehead atoms. The maximum atomic E-state index is 13.0. The van der Waals surface area contributed by atoms with Gasteiger partial charge in [-0.15, -0.1) is 0 Å². The smallest absolute Gasteiger partial charge is 0.337 e. The lowest BCUT2D eigenvalue weighted by Crippen LogP contribution is -2.35. The molecule has 0 saturated heterocycles. The van der Waals surface area contributed by atoms with Crippen LogP contribution in [0.5, 0.6) is 0 Å². The van der Waals surface area contributed by atoms with Crippen molar-refractivity contribution >= 4 is 50.8 Å². The van der Waals surface area contributed by atoms with Gasteiger partial charge in [0.2, 0.25) is 5.91 Å². The van der Waals surface area contributed by atoms with Gasteiger partial charge in [0.05, 0.1) is 21.2 Å². The van der Waals surface area contributed by atoms with Gasteiger partial charge in [0.1, 0.15) is 6.54 Å². The van der Waals surface area contributed by atoms with E-state index in [1.165, 1.54) is 43.3 Å². The van der Waals surface area contributed by atoms with Crippen molar-refractivity contribution in [2.45, 2.75) is 11.8 Å². The van der Waals surface area contributed by atoms with Gasteiger partial charge in [0, 0.05) is 12.6 Å². The number of anilines is 2. The van der Waals surface area contributed by atoms with Crippen molar-refractivity contribution in [2.75, 3.05) is 16.2 Å². The molecule has 9 nitrogen and oxygen atoms in total. The number of sulfonamides is 1. The highest BCUT2D eigenvalue weighted by Gasteiger charge is 2.28. The van der Waals surface area contributed by atoms with Gasteiger partial charge in [-0.2, -0.15) is 0 Å². The first-order valence-electron chi connectivity index (χ1n) is 7.67. The summed E-state index contributed by atoms with van der Waals surface area (Å²) in [4.78, 5) is 33.3. The molecule has 0 radical (unpaired) electrons.